The third-order valence-electron chi connectivity index (χ3n) is 1.70. The van der Waals surface area contributed by atoms with E-state index < -0.39 is 10.0 Å². The van der Waals surface area contributed by atoms with Crippen LogP contribution in [0.15, 0.2) is 0 Å². The molecule has 80 valence electrons. The average molecular weight is 208 g/mol. The zero-order chi connectivity index (χ0) is 10.5. The molecule has 0 fully saturated rings. The summed E-state index contributed by atoms with van der Waals surface area (Å²) in [5.74, 6) is 0.388. The number of nitrogens with zero attached hydrogens (tertiary/aromatic N) is 1. The van der Waals surface area contributed by atoms with Crippen molar-refractivity contribution in [2.75, 3.05) is 25.9 Å². The molecule has 0 aromatic heterocycles. The minimum absolute atomic E-state index is 0.172. The van der Waals surface area contributed by atoms with Crippen LogP contribution in [0, 0.1) is 5.92 Å². The van der Waals surface area contributed by atoms with Gasteiger partial charge in [-0.25, -0.2) is 12.7 Å². The van der Waals surface area contributed by atoms with E-state index in [1.165, 1.54) is 4.31 Å². The molecule has 0 heterocycles. The van der Waals surface area contributed by atoms with Gasteiger partial charge in [-0.3, -0.25) is 0 Å². The molecule has 0 aliphatic heterocycles. The summed E-state index contributed by atoms with van der Waals surface area (Å²) in [7, 11) is -1.45. The average Bonchev–Trinajstić information content (AvgIpc) is 1.97. The van der Waals surface area contributed by atoms with E-state index in [4.69, 9.17) is 5.73 Å². The normalized spacial score (nSPS) is 12.8. The quantitative estimate of drug-likeness (QED) is 0.680. The Labute approximate surface area is 81.2 Å². The molecule has 13 heavy (non-hydrogen) atoms. The summed E-state index contributed by atoms with van der Waals surface area (Å²) in [6, 6.07) is 0. The number of rotatable bonds is 6. The van der Waals surface area contributed by atoms with Gasteiger partial charge in [0.1, 0.15) is 0 Å². The lowest BCUT2D eigenvalue weighted by molar-refractivity contribution is 0.457. The highest BCUT2D eigenvalue weighted by atomic mass is 32.2. The van der Waals surface area contributed by atoms with Crippen LogP contribution in [0.25, 0.3) is 0 Å². The van der Waals surface area contributed by atoms with E-state index in [2.05, 4.69) is 0 Å². The summed E-state index contributed by atoms with van der Waals surface area (Å²) in [6.07, 6.45) is 0.716. The highest BCUT2D eigenvalue weighted by molar-refractivity contribution is 7.89. The van der Waals surface area contributed by atoms with E-state index >= 15 is 0 Å². The second-order valence-corrected chi connectivity index (χ2v) is 5.76. The standard InChI is InChI=1S/C8H20N2O2S/c1-8(2)7-13(11,12)10(3)6-4-5-9/h8H,4-7,9H2,1-3H3. The van der Waals surface area contributed by atoms with Gasteiger partial charge in [0.25, 0.3) is 0 Å². The molecule has 2 N–H and O–H groups in total. The third-order valence-corrected chi connectivity index (χ3v) is 3.92. The molecule has 0 rings (SSSR count). The van der Waals surface area contributed by atoms with Crippen LogP contribution in [0.2, 0.25) is 0 Å². The smallest absolute Gasteiger partial charge is 0.214 e. The minimum atomic E-state index is -3.05. The Kier molecular flexibility index (Phi) is 5.51. The van der Waals surface area contributed by atoms with Crippen molar-refractivity contribution in [3.05, 3.63) is 0 Å². The highest BCUT2D eigenvalue weighted by Crippen LogP contribution is 2.04. The van der Waals surface area contributed by atoms with Crippen molar-refractivity contribution in [2.45, 2.75) is 20.3 Å². The van der Waals surface area contributed by atoms with E-state index in [-0.39, 0.29) is 11.7 Å². The van der Waals surface area contributed by atoms with Crippen LogP contribution in [0.5, 0.6) is 0 Å². The molecule has 0 aromatic rings. The van der Waals surface area contributed by atoms with Crippen LogP contribution in [0.3, 0.4) is 0 Å². The first-order valence-corrected chi connectivity index (χ1v) is 6.15. The van der Waals surface area contributed by atoms with Gasteiger partial charge in [0.05, 0.1) is 5.75 Å². The lowest BCUT2D eigenvalue weighted by atomic mass is 10.3. The van der Waals surface area contributed by atoms with Gasteiger partial charge in [0, 0.05) is 13.6 Å². The highest BCUT2D eigenvalue weighted by Gasteiger charge is 2.18. The maximum atomic E-state index is 11.5. The summed E-state index contributed by atoms with van der Waals surface area (Å²) in [5.41, 5.74) is 5.30. The van der Waals surface area contributed by atoms with Crippen molar-refractivity contribution in [3.8, 4) is 0 Å². The van der Waals surface area contributed by atoms with E-state index in [1.54, 1.807) is 7.05 Å². The second-order valence-electron chi connectivity index (χ2n) is 3.64. The van der Waals surface area contributed by atoms with Crippen molar-refractivity contribution in [1.82, 2.24) is 4.31 Å². The number of hydrogen-bond donors (Lipinski definition) is 1. The van der Waals surface area contributed by atoms with Crippen LogP contribution in [-0.2, 0) is 10.0 Å². The molecule has 0 bridgehead atoms. The van der Waals surface area contributed by atoms with Gasteiger partial charge in [0.2, 0.25) is 10.0 Å². The molecule has 4 nitrogen and oxygen atoms in total. The van der Waals surface area contributed by atoms with Crippen LogP contribution in [0.4, 0.5) is 0 Å². The molecule has 0 amide bonds. The van der Waals surface area contributed by atoms with Crippen LogP contribution < -0.4 is 5.73 Å². The summed E-state index contributed by atoms with van der Waals surface area (Å²) in [5, 5.41) is 0. The lowest BCUT2D eigenvalue weighted by Crippen LogP contribution is -2.32. The predicted octanol–water partition coefficient (Wildman–Crippen LogP) is 0.253. The fourth-order valence-electron chi connectivity index (χ4n) is 1.00. The lowest BCUT2D eigenvalue weighted by Gasteiger charge is -2.17. The summed E-state index contributed by atoms with van der Waals surface area (Å²) in [4.78, 5) is 0. The zero-order valence-corrected chi connectivity index (χ0v) is 9.47. The molecule has 0 atom stereocenters. The van der Waals surface area contributed by atoms with Crippen LogP contribution >= 0.6 is 0 Å². The van der Waals surface area contributed by atoms with Gasteiger partial charge in [-0.15, -0.1) is 0 Å². The molecule has 0 saturated heterocycles. The first-order chi connectivity index (χ1) is 5.90. The van der Waals surface area contributed by atoms with Crippen molar-refractivity contribution in [3.63, 3.8) is 0 Å². The van der Waals surface area contributed by atoms with Crippen molar-refractivity contribution in [2.24, 2.45) is 11.7 Å². The molecule has 0 aromatic carbocycles. The van der Waals surface area contributed by atoms with Gasteiger partial charge >= 0.3 is 0 Å². The molecule has 0 aliphatic carbocycles. The van der Waals surface area contributed by atoms with Crippen LogP contribution in [0.1, 0.15) is 20.3 Å². The number of hydrogen-bond acceptors (Lipinski definition) is 3. The molecular formula is C8H20N2O2S. The van der Waals surface area contributed by atoms with Crippen molar-refractivity contribution in [1.29, 1.82) is 0 Å². The SMILES string of the molecule is CC(C)CS(=O)(=O)N(C)CCCN. The predicted molar refractivity (Wildman–Crippen MR) is 54.9 cm³/mol. The molecule has 0 unspecified atom stereocenters. The first-order valence-electron chi connectivity index (χ1n) is 4.54. The van der Waals surface area contributed by atoms with E-state index in [0.29, 0.717) is 19.5 Å². The Balaban J connectivity index is 4.12. The fraction of sp³-hybridized carbons (Fsp3) is 1.00. The monoisotopic (exact) mass is 208 g/mol. The first kappa shape index (κ1) is 12.9. The van der Waals surface area contributed by atoms with Gasteiger partial charge in [0.15, 0.2) is 0 Å². The fourth-order valence-corrected chi connectivity index (χ4v) is 2.51. The largest absolute Gasteiger partial charge is 0.330 e. The van der Waals surface area contributed by atoms with Gasteiger partial charge in [-0.1, -0.05) is 13.8 Å². The maximum Gasteiger partial charge on any atom is 0.214 e. The Morgan fingerprint density at radius 1 is 1.38 bits per heavy atom. The number of nitrogens with two attached hydrogens (primary N) is 1. The van der Waals surface area contributed by atoms with E-state index in [1.807, 2.05) is 13.8 Å². The Bertz CT molecular complexity index is 224. The number of sulfonamides is 1. The third kappa shape index (κ3) is 5.23. The molecule has 0 saturated carbocycles. The zero-order valence-electron chi connectivity index (χ0n) is 8.66. The Morgan fingerprint density at radius 3 is 2.31 bits per heavy atom. The Morgan fingerprint density at radius 2 is 1.92 bits per heavy atom. The summed E-state index contributed by atoms with van der Waals surface area (Å²) < 4.78 is 24.5. The van der Waals surface area contributed by atoms with Gasteiger partial charge in [-0.2, -0.15) is 0 Å². The Hall–Kier alpha value is -0.130. The molecule has 5 heteroatoms. The minimum Gasteiger partial charge on any atom is -0.330 e. The van der Waals surface area contributed by atoms with Crippen LogP contribution in [-0.4, -0.2) is 38.6 Å². The topological polar surface area (TPSA) is 63.4 Å². The maximum absolute atomic E-state index is 11.5. The van der Waals surface area contributed by atoms with Crippen molar-refractivity contribution < 1.29 is 8.42 Å². The van der Waals surface area contributed by atoms with Gasteiger partial charge in [-0.05, 0) is 18.9 Å². The molecule has 0 aliphatic rings. The summed E-state index contributed by atoms with van der Waals surface area (Å²) in [6.45, 7) is 4.84. The van der Waals surface area contributed by atoms with Gasteiger partial charge < -0.3 is 5.73 Å². The van der Waals surface area contributed by atoms with E-state index in [0.717, 1.165) is 0 Å². The molecule has 0 radical (unpaired) electrons. The van der Waals surface area contributed by atoms with Crippen molar-refractivity contribution >= 4 is 10.0 Å². The van der Waals surface area contributed by atoms with E-state index in [9.17, 15) is 8.42 Å². The summed E-state index contributed by atoms with van der Waals surface area (Å²) >= 11 is 0. The molecular weight excluding hydrogens is 188 g/mol. The second kappa shape index (κ2) is 5.57. The molecule has 0 spiro atoms.